The predicted molar refractivity (Wildman–Crippen MR) is 132 cm³/mol. The molecule has 0 radical (unpaired) electrons. The SMILES string of the molecule is CCCCCOC(C)CCC/C=C/c1ccc(-c2ccc(-c3ncc(O)cn3)cc2)cc1. The van der Waals surface area contributed by atoms with E-state index in [4.69, 9.17) is 4.74 Å². The Hall–Kier alpha value is -2.98. The Kier molecular flexibility index (Phi) is 9.45. The first-order valence-corrected chi connectivity index (χ1v) is 11.7. The van der Waals surface area contributed by atoms with Gasteiger partial charge >= 0.3 is 0 Å². The topological polar surface area (TPSA) is 55.2 Å². The summed E-state index contributed by atoms with van der Waals surface area (Å²) in [4.78, 5) is 8.32. The van der Waals surface area contributed by atoms with Gasteiger partial charge in [0.1, 0.15) is 0 Å². The molecule has 1 aromatic heterocycles. The van der Waals surface area contributed by atoms with Crippen molar-refractivity contribution in [2.45, 2.75) is 58.5 Å². The number of ether oxygens (including phenoxy) is 1. The zero-order valence-electron chi connectivity index (χ0n) is 19.2. The van der Waals surface area contributed by atoms with Gasteiger partial charge < -0.3 is 9.84 Å². The minimum atomic E-state index is 0.0703. The molecule has 3 rings (SSSR count). The van der Waals surface area contributed by atoms with Gasteiger partial charge in [-0.1, -0.05) is 80.4 Å². The Morgan fingerprint density at radius 3 is 2.16 bits per heavy atom. The lowest BCUT2D eigenvalue weighted by Crippen LogP contribution is -2.08. The molecule has 1 unspecified atom stereocenters. The number of allylic oxidation sites excluding steroid dienone is 1. The van der Waals surface area contributed by atoms with E-state index in [0.29, 0.717) is 11.9 Å². The second-order valence-electron chi connectivity index (χ2n) is 8.19. The third-order valence-electron chi connectivity index (χ3n) is 5.47. The Balaban J connectivity index is 1.45. The maximum Gasteiger partial charge on any atom is 0.159 e. The number of aromatic hydroxyl groups is 1. The zero-order valence-corrected chi connectivity index (χ0v) is 19.2. The molecule has 0 aliphatic carbocycles. The summed E-state index contributed by atoms with van der Waals surface area (Å²) in [6.45, 7) is 5.29. The highest BCUT2D eigenvalue weighted by molar-refractivity contribution is 5.69. The van der Waals surface area contributed by atoms with Gasteiger partial charge in [-0.15, -0.1) is 0 Å². The van der Waals surface area contributed by atoms with Gasteiger partial charge in [0.15, 0.2) is 11.6 Å². The van der Waals surface area contributed by atoms with Crippen molar-refractivity contribution in [2.75, 3.05) is 6.61 Å². The van der Waals surface area contributed by atoms with E-state index in [1.165, 1.54) is 42.8 Å². The van der Waals surface area contributed by atoms with E-state index in [1.54, 1.807) is 0 Å². The fourth-order valence-electron chi connectivity index (χ4n) is 3.53. The molecular weight excluding hydrogens is 396 g/mol. The van der Waals surface area contributed by atoms with Crippen LogP contribution < -0.4 is 0 Å². The van der Waals surface area contributed by atoms with E-state index >= 15 is 0 Å². The van der Waals surface area contributed by atoms with Gasteiger partial charge in [0.05, 0.1) is 18.5 Å². The van der Waals surface area contributed by atoms with E-state index in [-0.39, 0.29) is 5.75 Å². The van der Waals surface area contributed by atoms with Crippen LogP contribution in [0.15, 0.2) is 67.0 Å². The molecule has 0 amide bonds. The smallest absolute Gasteiger partial charge is 0.159 e. The van der Waals surface area contributed by atoms with Crippen LogP contribution in [0.5, 0.6) is 5.75 Å². The molecule has 0 spiro atoms. The first-order valence-electron chi connectivity index (χ1n) is 11.7. The van der Waals surface area contributed by atoms with E-state index in [2.05, 4.69) is 72.4 Å². The second-order valence-corrected chi connectivity index (χ2v) is 8.19. The molecule has 0 aliphatic heterocycles. The van der Waals surface area contributed by atoms with E-state index in [9.17, 15) is 5.11 Å². The second kappa shape index (κ2) is 12.8. The average molecular weight is 431 g/mol. The first kappa shape index (κ1) is 23.7. The van der Waals surface area contributed by atoms with E-state index in [0.717, 1.165) is 37.0 Å². The minimum Gasteiger partial charge on any atom is -0.505 e. The summed E-state index contributed by atoms with van der Waals surface area (Å²) in [5.74, 6) is 0.674. The average Bonchev–Trinajstić information content (AvgIpc) is 2.83. The zero-order chi connectivity index (χ0) is 22.6. The van der Waals surface area contributed by atoms with Gasteiger partial charge in [-0.2, -0.15) is 0 Å². The number of aromatic nitrogens is 2. The third kappa shape index (κ3) is 7.61. The number of benzene rings is 2. The Bertz CT molecular complexity index is 948. The van der Waals surface area contributed by atoms with Crippen LogP contribution >= 0.6 is 0 Å². The molecule has 4 nitrogen and oxygen atoms in total. The van der Waals surface area contributed by atoms with Crippen LogP contribution in [0.2, 0.25) is 0 Å². The van der Waals surface area contributed by atoms with Gasteiger partial charge in [0, 0.05) is 12.2 Å². The van der Waals surface area contributed by atoms with Gasteiger partial charge in [-0.25, -0.2) is 9.97 Å². The standard InChI is InChI=1S/C28H34N2O2/c1-3-4-8-19-32-22(2)9-6-5-7-10-23-11-13-24(14-12-23)25-15-17-26(18-16-25)28-29-20-27(31)21-30-28/h7,10-18,20-22,31H,3-6,8-9,19H2,1-2H3/b10-7+. The van der Waals surface area contributed by atoms with Crippen LogP contribution in [0, 0.1) is 0 Å². The van der Waals surface area contributed by atoms with Gasteiger partial charge in [-0.05, 0) is 49.3 Å². The van der Waals surface area contributed by atoms with Crippen LogP contribution in [0.3, 0.4) is 0 Å². The minimum absolute atomic E-state index is 0.0703. The molecule has 1 atom stereocenters. The molecule has 1 N–H and O–H groups in total. The molecule has 2 aromatic carbocycles. The third-order valence-corrected chi connectivity index (χ3v) is 5.47. The monoisotopic (exact) mass is 430 g/mol. The van der Waals surface area contributed by atoms with Crippen LogP contribution in [-0.2, 0) is 4.74 Å². The largest absolute Gasteiger partial charge is 0.505 e. The van der Waals surface area contributed by atoms with Crippen LogP contribution in [0.4, 0.5) is 0 Å². The van der Waals surface area contributed by atoms with Crippen molar-refractivity contribution in [3.8, 4) is 28.3 Å². The molecule has 0 bridgehead atoms. The molecule has 1 heterocycles. The maximum absolute atomic E-state index is 9.33. The number of unbranched alkanes of at least 4 members (excludes halogenated alkanes) is 3. The summed E-state index contributed by atoms with van der Waals surface area (Å²) >= 11 is 0. The molecular formula is C28H34N2O2. The first-order chi connectivity index (χ1) is 15.7. The highest BCUT2D eigenvalue weighted by Crippen LogP contribution is 2.24. The molecule has 0 aliphatic rings. The summed E-state index contributed by atoms with van der Waals surface area (Å²) < 4.78 is 5.86. The Labute approximate surface area is 192 Å². The van der Waals surface area contributed by atoms with Crippen LogP contribution in [0.25, 0.3) is 28.6 Å². The summed E-state index contributed by atoms with van der Waals surface area (Å²) in [5, 5.41) is 9.33. The van der Waals surface area contributed by atoms with Crippen molar-refractivity contribution in [3.05, 3.63) is 72.6 Å². The number of nitrogens with zero attached hydrogens (tertiary/aromatic N) is 2. The Morgan fingerprint density at radius 2 is 1.50 bits per heavy atom. The summed E-state index contributed by atoms with van der Waals surface area (Å²) in [6.07, 6.45) is 14.6. The number of hydrogen-bond donors (Lipinski definition) is 1. The summed E-state index contributed by atoms with van der Waals surface area (Å²) in [7, 11) is 0. The van der Waals surface area contributed by atoms with Crippen molar-refractivity contribution in [2.24, 2.45) is 0 Å². The van der Waals surface area contributed by atoms with Crippen molar-refractivity contribution in [1.29, 1.82) is 0 Å². The molecule has 32 heavy (non-hydrogen) atoms. The van der Waals surface area contributed by atoms with Crippen molar-refractivity contribution >= 4 is 6.08 Å². The highest BCUT2D eigenvalue weighted by atomic mass is 16.5. The van der Waals surface area contributed by atoms with Crippen molar-refractivity contribution in [3.63, 3.8) is 0 Å². The fraction of sp³-hybridized carbons (Fsp3) is 0.357. The fourth-order valence-corrected chi connectivity index (χ4v) is 3.53. The molecule has 3 aromatic rings. The lowest BCUT2D eigenvalue weighted by atomic mass is 10.0. The highest BCUT2D eigenvalue weighted by Gasteiger charge is 2.03. The normalized spacial score (nSPS) is 12.3. The van der Waals surface area contributed by atoms with Crippen LogP contribution in [0.1, 0.15) is 57.9 Å². The predicted octanol–water partition coefficient (Wildman–Crippen LogP) is 7.30. The number of hydrogen-bond acceptors (Lipinski definition) is 4. The lowest BCUT2D eigenvalue weighted by Gasteiger charge is -2.12. The molecule has 0 fully saturated rings. The van der Waals surface area contributed by atoms with E-state index < -0.39 is 0 Å². The van der Waals surface area contributed by atoms with Gasteiger partial charge in [-0.3, -0.25) is 0 Å². The summed E-state index contributed by atoms with van der Waals surface area (Å²) in [6, 6.07) is 16.8. The molecule has 168 valence electrons. The van der Waals surface area contributed by atoms with Gasteiger partial charge in [0.25, 0.3) is 0 Å². The molecule has 0 saturated carbocycles. The van der Waals surface area contributed by atoms with Crippen molar-refractivity contribution < 1.29 is 9.84 Å². The maximum atomic E-state index is 9.33. The van der Waals surface area contributed by atoms with Crippen molar-refractivity contribution in [1.82, 2.24) is 9.97 Å². The van der Waals surface area contributed by atoms with Gasteiger partial charge in [0.2, 0.25) is 0 Å². The molecule has 0 saturated heterocycles. The lowest BCUT2D eigenvalue weighted by molar-refractivity contribution is 0.0566. The Morgan fingerprint density at radius 1 is 0.875 bits per heavy atom. The van der Waals surface area contributed by atoms with E-state index in [1.807, 2.05) is 12.1 Å². The quantitative estimate of drug-likeness (QED) is 0.306. The number of rotatable bonds is 12. The molecule has 4 heteroatoms. The summed E-state index contributed by atoms with van der Waals surface area (Å²) in [5.41, 5.74) is 4.46. The van der Waals surface area contributed by atoms with Crippen LogP contribution in [-0.4, -0.2) is 27.8 Å².